The highest BCUT2D eigenvalue weighted by atomic mass is 79.9. The Balaban J connectivity index is 2.21. The van der Waals surface area contributed by atoms with Crippen LogP contribution < -0.4 is 5.73 Å². The molecule has 0 aliphatic carbocycles. The van der Waals surface area contributed by atoms with Gasteiger partial charge in [-0.15, -0.1) is 5.10 Å². The number of nitrogens with two attached hydrogens (primary N) is 1. The molecule has 6 nitrogen and oxygen atoms in total. The maximum absolute atomic E-state index is 12.0. The van der Waals surface area contributed by atoms with Crippen molar-refractivity contribution in [1.29, 1.82) is 0 Å². The summed E-state index contributed by atoms with van der Waals surface area (Å²) in [5.74, 6) is 0.0854. The van der Waals surface area contributed by atoms with Gasteiger partial charge in [0.2, 0.25) is 5.13 Å². The topological polar surface area (TPSA) is 82.5 Å². The number of anilines is 1. The summed E-state index contributed by atoms with van der Waals surface area (Å²) in [6.07, 6.45) is 0. The van der Waals surface area contributed by atoms with Gasteiger partial charge in [0.15, 0.2) is 16.3 Å². The maximum atomic E-state index is 12.0. The van der Waals surface area contributed by atoms with Gasteiger partial charge < -0.3 is 10.5 Å². The van der Waals surface area contributed by atoms with Gasteiger partial charge in [0, 0.05) is 10.0 Å². The highest BCUT2D eigenvalue weighted by Crippen LogP contribution is 2.29. The van der Waals surface area contributed by atoms with Gasteiger partial charge in [-0.1, -0.05) is 39.4 Å². The number of esters is 1. The molecule has 8 heteroatoms. The summed E-state index contributed by atoms with van der Waals surface area (Å²) < 4.78 is 7.52. The molecule has 0 amide bonds. The average Bonchev–Trinajstić information content (AvgIpc) is 2.96. The summed E-state index contributed by atoms with van der Waals surface area (Å²) in [5, 5.41) is 4.58. The normalized spacial score (nSPS) is 11.0. The summed E-state index contributed by atoms with van der Waals surface area (Å²) >= 11 is 4.63. The van der Waals surface area contributed by atoms with Crippen LogP contribution in [0.15, 0.2) is 28.7 Å². The van der Waals surface area contributed by atoms with E-state index in [4.69, 9.17) is 10.5 Å². The van der Waals surface area contributed by atoms with Crippen LogP contribution in [0, 0.1) is 0 Å². The van der Waals surface area contributed by atoms with E-state index < -0.39 is 5.97 Å². The largest absolute Gasteiger partial charge is 0.461 e. The number of rotatable bonds is 3. The van der Waals surface area contributed by atoms with E-state index in [0.717, 1.165) is 10.0 Å². The van der Waals surface area contributed by atoms with Gasteiger partial charge in [-0.05, 0) is 19.1 Å². The zero-order chi connectivity index (χ0) is 15.0. The molecular weight excluding hydrogens is 356 g/mol. The van der Waals surface area contributed by atoms with Crippen molar-refractivity contribution in [3.05, 3.63) is 34.4 Å². The molecule has 21 heavy (non-hydrogen) atoms. The molecule has 0 saturated carbocycles. The van der Waals surface area contributed by atoms with Crippen LogP contribution in [0.2, 0.25) is 0 Å². The highest BCUT2D eigenvalue weighted by Gasteiger charge is 2.22. The lowest BCUT2D eigenvalue weighted by atomic mass is 10.2. The molecule has 0 unspecified atom stereocenters. The third kappa shape index (κ3) is 2.52. The zero-order valence-corrected chi connectivity index (χ0v) is 13.4. The summed E-state index contributed by atoms with van der Waals surface area (Å²) in [5.41, 5.74) is 6.82. The number of imidazole rings is 1. The fourth-order valence-corrected chi connectivity index (χ4v) is 3.11. The Morgan fingerprint density at radius 3 is 3.05 bits per heavy atom. The molecule has 0 radical (unpaired) electrons. The second kappa shape index (κ2) is 5.45. The van der Waals surface area contributed by atoms with Crippen LogP contribution in [-0.4, -0.2) is 27.2 Å². The number of hydrogen-bond acceptors (Lipinski definition) is 6. The lowest BCUT2D eigenvalue weighted by Crippen LogP contribution is -2.05. The van der Waals surface area contributed by atoms with E-state index in [2.05, 4.69) is 26.0 Å². The summed E-state index contributed by atoms with van der Waals surface area (Å²) in [7, 11) is 0. The molecule has 0 aliphatic rings. The standard InChI is InChI=1S/C13H11BrN4O2S/c1-2-20-12(19)9-11-18(17-13(15)21-11)10(16-9)7-4-3-5-8(14)6-7/h3-6H,2H2,1H3,(H2,15,17). The first-order chi connectivity index (χ1) is 10.1. The van der Waals surface area contributed by atoms with E-state index in [0.29, 0.717) is 22.4 Å². The van der Waals surface area contributed by atoms with E-state index in [9.17, 15) is 4.79 Å². The van der Waals surface area contributed by atoms with Crippen LogP contribution in [0.25, 0.3) is 16.2 Å². The van der Waals surface area contributed by atoms with Crippen molar-refractivity contribution in [3.8, 4) is 11.4 Å². The maximum Gasteiger partial charge on any atom is 0.360 e. The number of benzene rings is 1. The molecule has 0 saturated heterocycles. The van der Waals surface area contributed by atoms with Crippen LogP contribution in [0.5, 0.6) is 0 Å². The second-order valence-corrected chi connectivity index (χ2v) is 6.10. The van der Waals surface area contributed by atoms with Crippen molar-refractivity contribution in [3.63, 3.8) is 0 Å². The monoisotopic (exact) mass is 366 g/mol. The Hall–Kier alpha value is -1.93. The SMILES string of the molecule is CCOC(=O)c1nc(-c2cccc(Br)c2)n2nc(N)sc12. The number of fused-ring (bicyclic) bond motifs is 1. The molecule has 0 fully saturated rings. The number of halogens is 1. The van der Waals surface area contributed by atoms with Gasteiger partial charge >= 0.3 is 5.97 Å². The molecular formula is C13H11BrN4O2S. The highest BCUT2D eigenvalue weighted by molar-refractivity contribution is 9.10. The predicted molar refractivity (Wildman–Crippen MR) is 84.4 cm³/mol. The predicted octanol–water partition coefficient (Wildman–Crippen LogP) is 2.98. The number of hydrogen-bond donors (Lipinski definition) is 1. The van der Waals surface area contributed by atoms with Crippen molar-refractivity contribution in [2.75, 3.05) is 12.3 Å². The smallest absolute Gasteiger partial charge is 0.360 e. The first kappa shape index (κ1) is 14.0. The molecule has 108 valence electrons. The molecule has 0 atom stereocenters. The fraction of sp³-hybridized carbons (Fsp3) is 0.154. The third-order valence-electron chi connectivity index (χ3n) is 2.76. The summed E-state index contributed by atoms with van der Waals surface area (Å²) in [4.78, 5) is 17.0. The summed E-state index contributed by atoms with van der Waals surface area (Å²) in [6, 6.07) is 7.60. The Morgan fingerprint density at radius 1 is 1.52 bits per heavy atom. The molecule has 3 aromatic rings. The van der Waals surface area contributed by atoms with Crippen LogP contribution in [0.3, 0.4) is 0 Å². The molecule has 0 bridgehead atoms. The minimum atomic E-state index is -0.472. The number of nitrogens with zero attached hydrogens (tertiary/aromatic N) is 3. The van der Waals surface area contributed by atoms with Gasteiger partial charge in [0.25, 0.3) is 0 Å². The van der Waals surface area contributed by atoms with E-state index in [1.165, 1.54) is 11.3 Å². The lowest BCUT2D eigenvalue weighted by Gasteiger charge is -1.98. The van der Waals surface area contributed by atoms with Crippen LogP contribution in [-0.2, 0) is 4.74 Å². The molecule has 0 aliphatic heterocycles. The van der Waals surface area contributed by atoms with Crippen LogP contribution >= 0.6 is 27.3 Å². The Morgan fingerprint density at radius 2 is 2.33 bits per heavy atom. The van der Waals surface area contributed by atoms with Gasteiger partial charge in [-0.2, -0.15) is 4.52 Å². The van der Waals surface area contributed by atoms with Crippen molar-refractivity contribution < 1.29 is 9.53 Å². The van der Waals surface area contributed by atoms with Crippen molar-refractivity contribution >= 4 is 43.2 Å². The quantitative estimate of drug-likeness (QED) is 0.720. The van der Waals surface area contributed by atoms with Gasteiger partial charge in [-0.3, -0.25) is 0 Å². The van der Waals surface area contributed by atoms with Crippen molar-refractivity contribution in [2.45, 2.75) is 6.92 Å². The molecule has 2 heterocycles. The van der Waals surface area contributed by atoms with Crippen molar-refractivity contribution in [1.82, 2.24) is 14.6 Å². The molecule has 2 aromatic heterocycles. The van der Waals surface area contributed by atoms with E-state index in [-0.39, 0.29) is 5.69 Å². The van der Waals surface area contributed by atoms with Gasteiger partial charge in [0.05, 0.1) is 6.61 Å². The summed E-state index contributed by atoms with van der Waals surface area (Å²) in [6.45, 7) is 2.04. The minimum absolute atomic E-state index is 0.237. The third-order valence-corrected chi connectivity index (χ3v) is 4.11. The van der Waals surface area contributed by atoms with E-state index in [1.54, 1.807) is 11.4 Å². The number of aromatic nitrogens is 3. The average molecular weight is 367 g/mol. The van der Waals surface area contributed by atoms with E-state index >= 15 is 0 Å². The number of nitrogen functional groups attached to an aromatic ring is 1. The minimum Gasteiger partial charge on any atom is -0.461 e. The van der Waals surface area contributed by atoms with Crippen molar-refractivity contribution in [2.24, 2.45) is 0 Å². The fourth-order valence-electron chi connectivity index (χ4n) is 1.95. The van der Waals surface area contributed by atoms with Crippen LogP contribution in [0.4, 0.5) is 5.13 Å². The first-order valence-corrected chi connectivity index (χ1v) is 7.79. The molecule has 0 spiro atoms. The van der Waals surface area contributed by atoms with E-state index in [1.807, 2.05) is 24.3 Å². The first-order valence-electron chi connectivity index (χ1n) is 6.18. The number of ether oxygens (including phenoxy) is 1. The lowest BCUT2D eigenvalue weighted by molar-refractivity contribution is 0.0523. The zero-order valence-electron chi connectivity index (χ0n) is 11.0. The number of carbonyl (C=O) groups excluding carboxylic acids is 1. The second-order valence-electron chi connectivity index (χ2n) is 4.17. The number of carbonyl (C=O) groups is 1. The molecule has 1 aromatic carbocycles. The van der Waals surface area contributed by atoms with Crippen LogP contribution in [0.1, 0.15) is 17.4 Å². The molecule has 2 N–H and O–H groups in total. The van der Waals surface area contributed by atoms with Gasteiger partial charge in [-0.25, -0.2) is 9.78 Å². The Kier molecular flexibility index (Phi) is 3.64. The molecule has 3 rings (SSSR count). The van der Waals surface area contributed by atoms with Gasteiger partial charge in [0.1, 0.15) is 0 Å². The Bertz CT molecular complexity index is 827. The Labute approximate surface area is 132 Å².